The van der Waals surface area contributed by atoms with Crippen LogP contribution in [0.15, 0.2) is 16.8 Å². The van der Waals surface area contributed by atoms with E-state index in [0.29, 0.717) is 38.9 Å². The molecular formula is C15H22N2O3S. The summed E-state index contributed by atoms with van der Waals surface area (Å²) in [6, 6.07) is 1.97. The third kappa shape index (κ3) is 3.75. The second-order valence-corrected chi connectivity index (χ2v) is 6.32. The molecule has 0 radical (unpaired) electrons. The fourth-order valence-corrected chi connectivity index (χ4v) is 3.42. The van der Waals surface area contributed by atoms with Gasteiger partial charge in [0.2, 0.25) is 0 Å². The van der Waals surface area contributed by atoms with Crippen molar-refractivity contribution in [3.63, 3.8) is 0 Å². The lowest BCUT2D eigenvalue weighted by atomic mass is 9.76. The van der Waals surface area contributed by atoms with Crippen LogP contribution in [0.1, 0.15) is 31.7 Å². The molecule has 0 aliphatic carbocycles. The minimum absolute atomic E-state index is 0.0830. The number of thiophene rings is 1. The summed E-state index contributed by atoms with van der Waals surface area (Å²) >= 11 is 1.65. The molecule has 2 amide bonds. The fourth-order valence-electron chi connectivity index (χ4n) is 2.72. The van der Waals surface area contributed by atoms with Gasteiger partial charge in [-0.1, -0.05) is 6.92 Å². The molecule has 2 heterocycles. The third-order valence-corrected chi connectivity index (χ3v) is 5.14. The Morgan fingerprint density at radius 3 is 2.67 bits per heavy atom. The van der Waals surface area contributed by atoms with Gasteiger partial charge in [-0.3, -0.25) is 4.79 Å². The summed E-state index contributed by atoms with van der Waals surface area (Å²) < 4.78 is 0. The van der Waals surface area contributed by atoms with Gasteiger partial charge in [-0.25, -0.2) is 4.79 Å². The fraction of sp³-hybridized carbons (Fsp3) is 0.600. The predicted molar refractivity (Wildman–Crippen MR) is 82.6 cm³/mol. The van der Waals surface area contributed by atoms with Crippen molar-refractivity contribution in [1.29, 1.82) is 0 Å². The molecule has 1 saturated heterocycles. The number of urea groups is 1. The van der Waals surface area contributed by atoms with Crippen LogP contribution in [0.4, 0.5) is 4.79 Å². The molecular weight excluding hydrogens is 288 g/mol. The summed E-state index contributed by atoms with van der Waals surface area (Å²) in [5, 5.41) is 16.4. The molecule has 5 nitrogen and oxygen atoms in total. The van der Waals surface area contributed by atoms with Crippen molar-refractivity contribution in [1.82, 2.24) is 10.2 Å². The van der Waals surface area contributed by atoms with E-state index in [0.717, 1.165) is 6.42 Å². The molecule has 1 fully saturated rings. The first-order chi connectivity index (χ1) is 10.1. The first-order valence-electron chi connectivity index (χ1n) is 7.34. The zero-order valence-electron chi connectivity index (χ0n) is 12.3. The zero-order chi connectivity index (χ0) is 15.3. The minimum atomic E-state index is -0.734. The number of likely N-dealkylation sites (tertiary alicyclic amines) is 1. The number of carbonyl (C=O) groups excluding carboxylic acids is 1. The van der Waals surface area contributed by atoms with Crippen LogP contribution in [0.2, 0.25) is 0 Å². The molecule has 6 heteroatoms. The van der Waals surface area contributed by atoms with Gasteiger partial charge in [-0.05, 0) is 48.1 Å². The minimum Gasteiger partial charge on any atom is -0.481 e. The van der Waals surface area contributed by atoms with E-state index in [1.165, 1.54) is 5.56 Å². The molecule has 21 heavy (non-hydrogen) atoms. The highest BCUT2D eigenvalue weighted by Gasteiger charge is 2.40. The van der Waals surface area contributed by atoms with Crippen molar-refractivity contribution >= 4 is 23.3 Å². The highest BCUT2D eigenvalue weighted by Crippen LogP contribution is 2.35. The summed E-state index contributed by atoms with van der Waals surface area (Å²) in [5.41, 5.74) is 0.586. The topological polar surface area (TPSA) is 69.6 Å². The van der Waals surface area contributed by atoms with Crippen LogP contribution < -0.4 is 5.32 Å². The number of hydrogen-bond acceptors (Lipinski definition) is 3. The summed E-state index contributed by atoms with van der Waals surface area (Å²) in [6.45, 7) is 3.56. The monoisotopic (exact) mass is 310 g/mol. The molecule has 2 rings (SSSR count). The number of nitrogens with zero attached hydrogens (tertiary/aromatic N) is 1. The van der Waals surface area contributed by atoms with Crippen molar-refractivity contribution in [2.45, 2.75) is 32.6 Å². The lowest BCUT2D eigenvalue weighted by molar-refractivity contribution is -0.151. The number of rotatable bonds is 5. The maximum atomic E-state index is 12.1. The molecule has 1 aliphatic heterocycles. The van der Waals surface area contributed by atoms with Crippen molar-refractivity contribution in [3.8, 4) is 0 Å². The maximum Gasteiger partial charge on any atom is 0.317 e. The van der Waals surface area contributed by atoms with Crippen molar-refractivity contribution in [3.05, 3.63) is 22.4 Å². The smallest absolute Gasteiger partial charge is 0.317 e. The Hall–Kier alpha value is -1.56. The van der Waals surface area contributed by atoms with Crippen LogP contribution in [0.25, 0.3) is 0 Å². The van der Waals surface area contributed by atoms with Crippen LogP contribution in [-0.4, -0.2) is 41.6 Å². The van der Waals surface area contributed by atoms with Crippen LogP contribution in [0, 0.1) is 5.41 Å². The van der Waals surface area contributed by atoms with Crippen molar-refractivity contribution in [2.75, 3.05) is 19.6 Å². The summed E-state index contributed by atoms with van der Waals surface area (Å²) in [5.74, 6) is -0.734. The van der Waals surface area contributed by atoms with E-state index in [1.54, 1.807) is 16.2 Å². The average Bonchev–Trinajstić information content (AvgIpc) is 3.00. The largest absolute Gasteiger partial charge is 0.481 e. The van der Waals surface area contributed by atoms with Gasteiger partial charge in [0.25, 0.3) is 0 Å². The van der Waals surface area contributed by atoms with Gasteiger partial charge in [0, 0.05) is 19.6 Å². The Labute approximate surface area is 129 Å². The summed E-state index contributed by atoms with van der Waals surface area (Å²) in [4.78, 5) is 25.2. The molecule has 1 aliphatic rings. The van der Waals surface area contributed by atoms with Crippen LogP contribution in [0.5, 0.6) is 0 Å². The molecule has 1 aromatic rings. The SMILES string of the molecule is CCC1(C(=O)O)CCN(C(=O)NCCc2ccsc2)CC1. The first kappa shape index (κ1) is 15.8. The second-order valence-electron chi connectivity index (χ2n) is 5.54. The number of aliphatic carboxylic acids is 1. The molecule has 0 bridgehead atoms. The van der Waals surface area contributed by atoms with Gasteiger partial charge >= 0.3 is 12.0 Å². The zero-order valence-corrected chi connectivity index (χ0v) is 13.1. The van der Waals surface area contributed by atoms with E-state index in [4.69, 9.17) is 0 Å². The van der Waals surface area contributed by atoms with Crippen LogP contribution in [0.3, 0.4) is 0 Å². The van der Waals surface area contributed by atoms with Gasteiger partial charge in [-0.15, -0.1) is 0 Å². The van der Waals surface area contributed by atoms with Crippen LogP contribution >= 0.6 is 11.3 Å². The maximum absolute atomic E-state index is 12.1. The molecule has 0 saturated carbocycles. The highest BCUT2D eigenvalue weighted by atomic mass is 32.1. The molecule has 1 aromatic heterocycles. The molecule has 0 unspecified atom stereocenters. The van der Waals surface area contributed by atoms with E-state index in [9.17, 15) is 14.7 Å². The Morgan fingerprint density at radius 1 is 1.43 bits per heavy atom. The Bertz CT molecular complexity index is 479. The van der Waals surface area contributed by atoms with Gasteiger partial charge in [0.05, 0.1) is 5.41 Å². The quantitative estimate of drug-likeness (QED) is 0.878. The Kier molecular flexibility index (Phi) is 5.22. The number of carbonyl (C=O) groups is 2. The standard InChI is InChI=1S/C15H22N2O3S/c1-2-15(13(18)19)5-8-17(9-6-15)14(20)16-7-3-12-4-10-21-11-12/h4,10-11H,2-3,5-9H2,1H3,(H,16,20)(H,18,19). The van der Waals surface area contributed by atoms with Gasteiger partial charge in [0.15, 0.2) is 0 Å². The number of hydrogen-bond donors (Lipinski definition) is 2. The summed E-state index contributed by atoms with van der Waals surface area (Å²) in [6.07, 6.45) is 2.53. The Balaban J connectivity index is 1.76. The number of piperidine rings is 1. The number of nitrogens with one attached hydrogen (secondary N) is 1. The van der Waals surface area contributed by atoms with E-state index in [2.05, 4.69) is 16.8 Å². The van der Waals surface area contributed by atoms with E-state index < -0.39 is 11.4 Å². The van der Waals surface area contributed by atoms with E-state index in [-0.39, 0.29) is 6.03 Å². The molecule has 0 aromatic carbocycles. The normalized spacial score (nSPS) is 17.5. The van der Waals surface area contributed by atoms with E-state index >= 15 is 0 Å². The third-order valence-electron chi connectivity index (χ3n) is 4.41. The molecule has 2 N–H and O–H groups in total. The second kappa shape index (κ2) is 6.93. The first-order valence-corrected chi connectivity index (χ1v) is 8.29. The van der Waals surface area contributed by atoms with Gasteiger partial charge in [0.1, 0.15) is 0 Å². The highest BCUT2D eigenvalue weighted by molar-refractivity contribution is 7.07. The number of carboxylic acids is 1. The van der Waals surface area contributed by atoms with Gasteiger partial charge in [-0.2, -0.15) is 11.3 Å². The molecule has 0 spiro atoms. The average molecular weight is 310 g/mol. The number of amides is 2. The Morgan fingerprint density at radius 2 is 2.14 bits per heavy atom. The van der Waals surface area contributed by atoms with Crippen LogP contribution in [-0.2, 0) is 11.2 Å². The number of carboxylic acid groups (broad SMARTS) is 1. The van der Waals surface area contributed by atoms with Crippen molar-refractivity contribution in [2.24, 2.45) is 5.41 Å². The molecule has 0 atom stereocenters. The van der Waals surface area contributed by atoms with E-state index in [1.807, 2.05) is 12.3 Å². The summed E-state index contributed by atoms with van der Waals surface area (Å²) in [7, 11) is 0. The molecule has 116 valence electrons. The predicted octanol–water partition coefficient (Wildman–Crippen LogP) is 2.58. The lowest BCUT2D eigenvalue weighted by Crippen LogP contribution is -2.49. The van der Waals surface area contributed by atoms with Crippen molar-refractivity contribution < 1.29 is 14.7 Å². The van der Waals surface area contributed by atoms with Gasteiger partial charge < -0.3 is 15.3 Å². The lowest BCUT2D eigenvalue weighted by Gasteiger charge is -2.38.